The zero-order chi connectivity index (χ0) is 17.1. The van der Waals surface area contributed by atoms with Gasteiger partial charge >= 0.3 is 0 Å². The molecule has 0 fully saturated rings. The first-order valence-electron chi connectivity index (χ1n) is 7.28. The molecule has 1 amide bonds. The van der Waals surface area contributed by atoms with E-state index in [2.05, 4.69) is 10.3 Å². The lowest BCUT2D eigenvalue weighted by Gasteiger charge is -2.03. The lowest BCUT2D eigenvalue weighted by Crippen LogP contribution is -2.11. The lowest BCUT2D eigenvalue weighted by molar-refractivity contribution is 0.102. The molecule has 3 rings (SSSR count). The average molecular weight is 377 g/mol. The number of anilines is 1. The summed E-state index contributed by atoms with van der Waals surface area (Å²) in [5, 5.41) is 4.47. The van der Waals surface area contributed by atoms with Crippen molar-refractivity contribution < 1.29 is 4.79 Å². The highest BCUT2D eigenvalue weighted by molar-refractivity contribution is 7.15. The van der Waals surface area contributed by atoms with Gasteiger partial charge in [0.15, 0.2) is 5.13 Å². The average Bonchev–Trinajstić information content (AvgIpc) is 2.99. The van der Waals surface area contributed by atoms with Crippen LogP contribution in [0.3, 0.4) is 0 Å². The number of hydrogen-bond donors (Lipinski definition) is 1. The number of carbonyl (C=O) groups is 1. The van der Waals surface area contributed by atoms with Gasteiger partial charge in [0, 0.05) is 23.1 Å². The number of rotatable bonds is 4. The molecule has 0 saturated carbocycles. The summed E-state index contributed by atoms with van der Waals surface area (Å²) in [6.45, 7) is 1.98. The molecule has 0 atom stereocenters. The molecule has 3 aromatic rings. The summed E-state index contributed by atoms with van der Waals surface area (Å²) in [7, 11) is 0. The Kier molecular flexibility index (Phi) is 5.19. The molecular formula is C18H14Cl2N2OS. The molecule has 1 heterocycles. The van der Waals surface area contributed by atoms with Crippen LogP contribution in [0.2, 0.25) is 10.0 Å². The highest BCUT2D eigenvalue weighted by atomic mass is 35.5. The van der Waals surface area contributed by atoms with E-state index >= 15 is 0 Å². The quantitative estimate of drug-likeness (QED) is 0.643. The summed E-state index contributed by atoms with van der Waals surface area (Å²) in [5.74, 6) is -0.170. The third-order valence-electron chi connectivity index (χ3n) is 3.48. The Morgan fingerprint density at radius 2 is 1.92 bits per heavy atom. The second-order valence-electron chi connectivity index (χ2n) is 5.34. The molecule has 2 aromatic carbocycles. The van der Waals surface area contributed by atoms with Gasteiger partial charge in [-0.1, -0.05) is 53.0 Å². The summed E-state index contributed by atoms with van der Waals surface area (Å²) in [5.41, 5.74) is 2.65. The summed E-state index contributed by atoms with van der Waals surface area (Å²) in [6, 6.07) is 13.0. The van der Waals surface area contributed by atoms with Crippen molar-refractivity contribution in [3.8, 4) is 0 Å². The predicted molar refractivity (Wildman–Crippen MR) is 101 cm³/mol. The summed E-state index contributed by atoms with van der Waals surface area (Å²) < 4.78 is 0. The van der Waals surface area contributed by atoms with Crippen LogP contribution in [-0.4, -0.2) is 10.9 Å². The maximum absolute atomic E-state index is 12.2. The second-order valence-corrected chi connectivity index (χ2v) is 7.24. The Morgan fingerprint density at radius 1 is 1.17 bits per heavy atom. The summed E-state index contributed by atoms with van der Waals surface area (Å²) in [4.78, 5) is 17.5. The van der Waals surface area contributed by atoms with E-state index in [0.29, 0.717) is 27.2 Å². The van der Waals surface area contributed by atoms with Gasteiger partial charge in [0.2, 0.25) is 0 Å². The van der Waals surface area contributed by atoms with Gasteiger partial charge in [-0.2, -0.15) is 0 Å². The number of carbonyl (C=O) groups excluding carboxylic acids is 1. The zero-order valence-electron chi connectivity index (χ0n) is 12.8. The third-order valence-corrected chi connectivity index (χ3v) is 5.25. The minimum Gasteiger partial charge on any atom is -0.298 e. The smallest absolute Gasteiger partial charge is 0.257 e. The zero-order valence-corrected chi connectivity index (χ0v) is 15.2. The number of hydrogen-bond acceptors (Lipinski definition) is 3. The number of benzene rings is 2. The number of nitrogens with one attached hydrogen (secondary N) is 1. The maximum atomic E-state index is 12.2. The molecular weight excluding hydrogens is 363 g/mol. The molecule has 0 aliphatic rings. The third kappa shape index (κ3) is 3.96. The molecule has 122 valence electrons. The SMILES string of the molecule is Cc1ccc(C(=O)Nc2ncc(Cc3cccc(Cl)c3Cl)s2)cc1. The summed E-state index contributed by atoms with van der Waals surface area (Å²) in [6.07, 6.45) is 2.37. The van der Waals surface area contributed by atoms with E-state index in [4.69, 9.17) is 23.2 Å². The second kappa shape index (κ2) is 7.34. The molecule has 0 spiro atoms. The Balaban J connectivity index is 1.70. The van der Waals surface area contributed by atoms with Crippen molar-refractivity contribution in [2.75, 3.05) is 5.32 Å². The van der Waals surface area contributed by atoms with Crippen LogP contribution in [0.5, 0.6) is 0 Å². The van der Waals surface area contributed by atoms with Crippen LogP contribution in [0, 0.1) is 6.92 Å². The van der Waals surface area contributed by atoms with Gasteiger partial charge in [-0.05, 0) is 30.7 Å². The van der Waals surface area contributed by atoms with Gasteiger partial charge in [0.25, 0.3) is 5.91 Å². The highest BCUT2D eigenvalue weighted by Crippen LogP contribution is 2.29. The van der Waals surface area contributed by atoms with Gasteiger partial charge < -0.3 is 0 Å². The van der Waals surface area contributed by atoms with E-state index in [0.717, 1.165) is 16.0 Å². The molecule has 24 heavy (non-hydrogen) atoms. The van der Waals surface area contributed by atoms with Crippen LogP contribution in [0.25, 0.3) is 0 Å². The van der Waals surface area contributed by atoms with Gasteiger partial charge in [-0.3, -0.25) is 10.1 Å². The van der Waals surface area contributed by atoms with E-state index in [9.17, 15) is 4.79 Å². The van der Waals surface area contributed by atoms with E-state index < -0.39 is 0 Å². The Morgan fingerprint density at radius 3 is 2.67 bits per heavy atom. The van der Waals surface area contributed by atoms with Crippen LogP contribution in [-0.2, 0) is 6.42 Å². The molecule has 1 aromatic heterocycles. The Labute approximate surface area is 154 Å². The minimum atomic E-state index is -0.170. The van der Waals surface area contributed by atoms with Crippen molar-refractivity contribution in [2.24, 2.45) is 0 Å². The van der Waals surface area contributed by atoms with Crippen molar-refractivity contribution in [1.29, 1.82) is 0 Å². The molecule has 0 aliphatic heterocycles. The predicted octanol–water partition coefficient (Wildman–Crippen LogP) is 5.60. The van der Waals surface area contributed by atoms with E-state index in [1.807, 2.05) is 31.2 Å². The normalized spacial score (nSPS) is 10.6. The molecule has 0 bridgehead atoms. The molecule has 0 saturated heterocycles. The number of halogens is 2. The first kappa shape index (κ1) is 17.0. The number of amides is 1. The molecule has 0 radical (unpaired) electrons. The van der Waals surface area contributed by atoms with Crippen molar-refractivity contribution in [3.63, 3.8) is 0 Å². The molecule has 0 unspecified atom stereocenters. The van der Waals surface area contributed by atoms with Crippen molar-refractivity contribution >= 4 is 45.6 Å². The van der Waals surface area contributed by atoms with Gasteiger partial charge in [-0.15, -0.1) is 11.3 Å². The number of nitrogens with zero attached hydrogens (tertiary/aromatic N) is 1. The van der Waals surface area contributed by atoms with Crippen LogP contribution in [0.15, 0.2) is 48.7 Å². The van der Waals surface area contributed by atoms with Crippen molar-refractivity contribution in [2.45, 2.75) is 13.3 Å². The number of aromatic nitrogens is 1. The van der Waals surface area contributed by atoms with Gasteiger partial charge in [-0.25, -0.2) is 4.98 Å². The maximum Gasteiger partial charge on any atom is 0.257 e. The van der Waals surface area contributed by atoms with Crippen LogP contribution in [0.4, 0.5) is 5.13 Å². The van der Waals surface area contributed by atoms with Crippen LogP contribution in [0.1, 0.15) is 26.4 Å². The van der Waals surface area contributed by atoms with Crippen LogP contribution >= 0.6 is 34.5 Å². The Hall–Kier alpha value is -1.88. The van der Waals surface area contributed by atoms with E-state index in [-0.39, 0.29) is 5.91 Å². The fraction of sp³-hybridized carbons (Fsp3) is 0.111. The Bertz CT molecular complexity index is 875. The largest absolute Gasteiger partial charge is 0.298 e. The standard InChI is InChI=1S/C18H14Cl2N2OS/c1-11-5-7-12(8-6-11)17(23)22-18-21-10-14(24-18)9-13-3-2-4-15(19)16(13)20/h2-8,10H,9H2,1H3,(H,21,22,23). The van der Waals surface area contributed by atoms with Crippen molar-refractivity contribution in [1.82, 2.24) is 4.98 Å². The topological polar surface area (TPSA) is 42.0 Å². The van der Waals surface area contributed by atoms with Gasteiger partial charge in [0.05, 0.1) is 10.0 Å². The monoisotopic (exact) mass is 376 g/mol. The number of thiazole rings is 1. The molecule has 3 nitrogen and oxygen atoms in total. The first-order chi connectivity index (χ1) is 11.5. The molecule has 0 aliphatic carbocycles. The van der Waals surface area contributed by atoms with Crippen molar-refractivity contribution in [3.05, 3.63) is 80.3 Å². The van der Waals surface area contributed by atoms with E-state index in [1.54, 1.807) is 24.4 Å². The summed E-state index contributed by atoms with van der Waals surface area (Å²) >= 11 is 13.7. The fourth-order valence-electron chi connectivity index (χ4n) is 2.19. The fourth-order valence-corrected chi connectivity index (χ4v) is 3.41. The van der Waals surface area contributed by atoms with E-state index in [1.165, 1.54) is 11.3 Å². The lowest BCUT2D eigenvalue weighted by atomic mass is 10.1. The van der Waals surface area contributed by atoms with Gasteiger partial charge in [0.1, 0.15) is 0 Å². The first-order valence-corrected chi connectivity index (χ1v) is 8.86. The minimum absolute atomic E-state index is 0.170. The number of aryl methyl sites for hydroxylation is 1. The highest BCUT2D eigenvalue weighted by Gasteiger charge is 2.11. The van der Waals surface area contributed by atoms with Crippen LogP contribution < -0.4 is 5.32 Å². The molecule has 6 heteroatoms. The molecule has 1 N–H and O–H groups in total.